The van der Waals surface area contributed by atoms with E-state index in [4.69, 9.17) is 15.2 Å². The first kappa shape index (κ1) is 19.8. The summed E-state index contributed by atoms with van der Waals surface area (Å²) in [5.41, 5.74) is 10.5. The van der Waals surface area contributed by atoms with E-state index in [9.17, 15) is 0 Å². The summed E-state index contributed by atoms with van der Waals surface area (Å²) in [5, 5.41) is 9.58. The molecule has 0 N–H and O–H groups in total. The van der Waals surface area contributed by atoms with E-state index in [-0.39, 0.29) is 0 Å². The van der Waals surface area contributed by atoms with E-state index in [0.717, 1.165) is 45.6 Å². The molecule has 5 heteroatoms. The zero-order chi connectivity index (χ0) is 20.6. The Bertz CT molecular complexity index is 1010. The average Bonchev–Trinajstić information content (AvgIpc) is 3.04. The second-order valence-electron chi connectivity index (χ2n) is 7.51. The molecular formula is C23H29N5. The Balaban J connectivity index is 1.98. The summed E-state index contributed by atoms with van der Waals surface area (Å²) in [6.07, 6.45) is 0. The average molecular weight is 376 g/mol. The molecule has 3 aromatic heterocycles. The van der Waals surface area contributed by atoms with Gasteiger partial charge in [-0.15, -0.1) is 0 Å². The SMILES string of the molecule is C/C(=N/n1c(C)cc(C)c1C)c1cccc(/C(C)=N\n2c(C)cc(C)c2C)n1. The third-order valence-electron chi connectivity index (χ3n) is 5.29. The van der Waals surface area contributed by atoms with Crippen LogP contribution in [0.15, 0.2) is 40.5 Å². The van der Waals surface area contributed by atoms with Gasteiger partial charge in [0.15, 0.2) is 0 Å². The van der Waals surface area contributed by atoms with Crippen LogP contribution in [0, 0.1) is 41.5 Å². The molecular weight excluding hydrogens is 346 g/mol. The lowest BCUT2D eigenvalue weighted by Gasteiger charge is -2.08. The quantitative estimate of drug-likeness (QED) is 0.587. The van der Waals surface area contributed by atoms with Crippen molar-refractivity contribution in [3.8, 4) is 0 Å². The molecule has 0 saturated carbocycles. The molecule has 146 valence electrons. The molecule has 0 aromatic carbocycles. The fourth-order valence-corrected chi connectivity index (χ4v) is 3.37. The molecule has 28 heavy (non-hydrogen) atoms. The predicted molar refractivity (Wildman–Crippen MR) is 117 cm³/mol. The maximum Gasteiger partial charge on any atom is 0.0867 e. The Morgan fingerprint density at radius 1 is 0.714 bits per heavy atom. The van der Waals surface area contributed by atoms with Gasteiger partial charge in [0.25, 0.3) is 0 Å². The van der Waals surface area contributed by atoms with Crippen molar-refractivity contribution in [1.82, 2.24) is 14.3 Å². The predicted octanol–water partition coefficient (Wildman–Crippen LogP) is 5.08. The molecule has 0 radical (unpaired) electrons. The highest BCUT2D eigenvalue weighted by atomic mass is 15.4. The molecule has 3 heterocycles. The normalized spacial score (nSPS) is 12.7. The van der Waals surface area contributed by atoms with Crippen molar-refractivity contribution in [1.29, 1.82) is 0 Å². The second-order valence-corrected chi connectivity index (χ2v) is 7.51. The molecule has 0 aliphatic heterocycles. The first-order chi connectivity index (χ1) is 13.2. The summed E-state index contributed by atoms with van der Waals surface area (Å²) in [6, 6.07) is 10.3. The first-order valence-electron chi connectivity index (χ1n) is 9.59. The number of pyridine rings is 1. The number of aryl methyl sites for hydroxylation is 4. The van der Waals surface area contributed by atoms with E-state index in [0.29, 0.717) is 0 Å². The van der Waals surface area contributed by atoms with Gasteiger partial charge in [0.05, 0.1) is 22.8 Å². The lowest BCUT2D eigenvalue weighted by molar-refractivity contribution is 0.806. The van der Waals surface area contributed by atoms with E-state index in [1.54, 1.807) is 0 Å². The smallest absolute Gasteiger partial charge is 0.0867 e. The van der Waals surface area contributed by atoms with Crippen molar-refractivity contribution in [2.45, 2.75) is 55.4 Å². The molecule has 3 aromatic rings. The fourth-order valence-electron chi connectivity index (χ4n) is 3.37. The first-order valence-corrected chi connectivity index (χ1v) is 9.59. The van der Waals surface area contributed by atoms with Gasteiger partial charge in [-0.2, -0.15) is 10.2 Å². The summed E-state index contributed by atoms with van der Waals surface area (Å²) in [6.45, 7) is 16.5. The summed E-state index contributed by atoms with van der Waals surface area (Å²) in [7, 11) is 0. The number of aromatic nitrogens is 3. The van der Waals surface area contributed by atoms with Crippen LogP contribution in [0.4, 0.5) is 0 Å². The van der Waals surface area contributed by atoms with Crippen LogP contribution in [0.2, 0.25) is 0 Å². The van der Waals surface area contributed by atoms with Crippen LogP contribution < -0.4 is 0 Å². The standard InChI is InChI=1S/C23H29N5/c1-14-12-16(3)27(20(14)7)25-18(5)22-10-9-11-23(24-22)19(6)26-28-17(4)13-15(2)21(28)8/h9-13H,1-8H3/b25-18-,26-19-. The molecule has 0 aliphatic carbocycles. The van der Waals surface area contributed by atoms with Gasteiger partial charge in [-0.25, -0.2) is 14.3 Å². The minimum absolute atomic E-state index is 0.856. The van der Waals surface area contributed by atoms with Crippen molar-refractivity contribution in [3.05, 3.63) is 75.6 Å². The molecule has 0 amide bonds. The van der Waals surface area contributed by atoms with E-state index in [1.807, 2.05) is 41.4 Å². The summed E-state index contributed by atoms with van der Waals surface area (Å²) in [4.78, 5) is 4.81. The minimum atomic E-state index is 0.856. The Hall–Kier alpha value is -2.95. The third-order valence-corrected chi connectivity index (χ3v) is 5.29. The van der Waals surface area contributed by atoms with Crippen molar-refractivity contribution >= 4 is 11.4 Å². The molecule has 0 bridgehead atoms. The Labute approximate surface area is 167 Å². The summed E-state index contributed by atoms with van der Waals surface area (Å²) < 4.78 is 3.96. The van der Waals surface area contributed by atoms with E-state index in [1.165, 1.54) is 11.1 Å². The van der Waals surface area contributed by atoms with Crippen LogP contribution in [0.25, 0.3) is 0 Å². The van der Waals surface area contributed by atoms with Gasteiger partial charge < -0.3 is 0 Å². The fraction of sp³-hybridized carbons (Fsp3) is 0.348. The van der Waals surface area contributed by atoms with Gasteiger partial charge in [-0.3, -0.25) is 0 Å². The van der Waals surface area contributed by atoms with Crippen LogP contribution >= 0.6 is 0 Å². The minimum Gasteiger partial charge on any atom is -0.245 e. The highest BCUT2D eigenvalue weighted by Gasteiger charge is 2.10. The summed E-state index contributed by atoms with van der Waals surface area (Å²) in [5.74, 6) is 0. The Kier molecular flexibility index (Phi) is 5.36. The van der Waals surface area contributed by atoms with Gasteiger partial charge in [-0.1, -0.05) is 6.07 Å². The number of nitrogens with zero attached hydrogens (tertiary/aromatic N) is 5. The third kappa shape index (κ3) is 3.70. The lowest BCUT2D eigenvalue weighted by atomic mass is 10.2. The van der Waals surface area contributed by atoms with Gasteiger partial charge in [0, 0.05) is 22.8 Å². The molecule has 0 unspecified atom stereocenters. The Morgan fingerprint density at radius 2 is 1.11 bits per heavy atom. The molecule has 0 spiro atoms. The molecule has 0 saturated heterocycles. The zero-order valence-electron chi connectivity index (χ0n) is 18.1. The van der Waals surface area contributed by atoms with Gasteiger partial charge >= 0.3 is 0 Å². The van der Waals surface area contributed by atoms with Crippen LogP contribution in [0.5, 0.6) is 0 Å². The van der Waals surface area contributed by atoms with E-state index in [2.05, 4.69) is 53.7 Å². The van der Waals surface area contributed by atoms with Gasteiger partial charge in [0.1, 0.15) is 0 Å². The van der Waals surface area contributed by atoms with E-state index >= 15 is 0 Å². The number of rotatable bonds is 4. The molecule has 0 aliphatic rings. The summed E-state index contributed by atoms with van der Waals surface area (Å²) >= 11 is 0. The number of hydrogen-bond acceptors (Lipinski definition) is 3. The largest absolute Gasteiger partial charge is 0.245 e. The van der Waals surface area contributed by atoms with Crippen molar-refractivity contribution in [2.24, 2.45) is 10.2 Å². The topological polar surface area (TPSA) is 47.5 Å². The zero-order valence-corrected chi connectivity index (χ0v) is 18.1. The van der Waals surface area contributed by atoms with Crippen molar-refractivity contribution in [2.75, 3.05) is 0 Å². The van der Waals surface area contributed by atoms with Crippen molar-refractivity contribution in [3.63, 3.8) is 0 Å². The van der Waals surface area contributed by atoms with Crippen LogP contribution in [-0.2, 0) is 0 Å². The molecule has 0 fully saturated rings. The van der Waals surface area contributed by atoms with Crippen LogP contribution in [0.3, 0.4) is 0 Å². The lowest BCUT2D eigenvalue weighted by Crippen LogP contribution is -2.09. The number of hydrogen-bond donors (Lipinski definition) is 0. The van der Waals surface area contributed by atoms with Crippen LogP contribution in [-0.4, -0.2) is 25.8 Å². The highest BCUT2D eigenvalue weighted by molar-refractivity contribution is 6.00. The maximum atomic E-state index is 4.81. The second kappa shape index (κ2) is 7.58. The Morgan fingerprint density at radius 3 is 1.43 bits per heavy atom. The van der Waals surface area contributed by atoms with Gasteiger partial charge in [0.2, 0.25) is 0 Å². The van der Waals surface area contributed by atoms with Crippen LogP contribution in [0.1, 0.15) is 59.1 Å². The van der Waals surface area contributed by atoms with Crippen molar-refractivity contribution < 1.29 is 0 Å². The highest BCUT2D eigenvalue weighted by Crippen LogP contribution is 2.16. The van der Waals surface area contributed by atoms with Gasteiger partial charge in [-0.05, 0) is 90.8 Å². The molecule has 3 rings (SSSR count). The van der Waals surface area contributed by atoms with E-state index < -0.39 is 0 Å². The molecule has 5 nitrogen and oxygen atoms in total. The maximum absolute atomic E-state index is 4.81. The molecule has 0 atom stereocenters. The monoisotopic (exact) mass is 375 g/mol.